The molecular weight excluding hydrogens is 224 g/mol. The molecule has 0 amide bonds. The molecule has 0 fully saturated rings. The van der Waals surface area contributed by atoms with Crippen LogP contribution in [0.4, 0.5) is 0 Å². The lowest BCUT2D eigenvalue weighted by Gasteiger charge is -2.14. The van der Waals surface area contributed by atoms with Crippen LogP contribution in [0.3, 0.4) is 0 Å². The number of fused-ring (bicyclic) bond motifs is 1. The van der Waals surface area contributed by atoms with Gasteiger partial charge in [0.15, 0.2) is 5.78 Å². The summed E-state index contributed by atoms with van der Waals surface area (Å²) in [6, 6.07) is 5.11. The van der Waals surface area contributed by atoms with E-state index in [-0.39, 0.29) is 5.78 Å². The van der Waals surface area contributed by atoms with Gasteiger partial charge in [0.1, 0.15) is 5.75 Å². The second kappa shape index (κ2) is 4.53. The predicted molar refractivity (Wildman–Crippen MR) is 61.9 cm³/mol. The van der Waals surface area contributed by atoms with Gasteiger partial charge in [0, 0.05) is 28.7 Å². The molecule has 0 saturated carbocycles. The van der Waals surface area contributed by atoms with Gasteiger partial charge in [0.25, 0.3) is 0 Å². The topological polar surface area (TPSA) is 43.4 Å². The van der Waals surface area contributed by atoms with E-state index in [0.717, 1.165) is 16.7 Å². The standard InChI is InChI=1S/C12H10O3S/c1-2-12(14)15-8-3-4-11-9(7-8)10(13)5-6-16-11/h2-4,7H,1,5-6H2. The van der Waals surface area contributed by atoms with Crippen molar-refractivity contribution in [2.75, 3.05) is 5.75 Å². The summed E-state index contributed by atoms with van der Waals surface area (Å²) < 4.78 is 4.96. The minimum absolute atomic E-state index is 0.102. The molecule has 1 aromatic rings. The number of thioether (sulfide) groups is 1. The molecule has 2 rings (SSSR count). The number of ketones is 1. The Morgan fingerprint density at radius 1 is 1.50 bits per heavy atom. The Bertz CT molecular complexity index is 465. The minimum atomic E-state index is -0.518. The molecule has 0 saturated heterocycles. The number of ether oxygens (including phenoxy) is 1. The maximum Gasteiger partial charge on any atom is 0.335 e. The van der Waals surface area contributed by atoms with E-state index in [4.69, 9.17) is 4.74 Å². The second-order valence-corrected chi connectivity index (χ2v) is 4.44. The highest BCUT2D eigenvalue weighted by Crippen LogP contribution is 2.32. The Balaban J connectivity index is 2.30. The van der Waals surface area contributed by atoms with Crippen molar-refractivity contribution in [3.8, 4) is 5.75 Å². The van der Waals surface area contributed by atoms with Crippen LogP contribution in [-0.4, -0.2) is 17.5 Å². The first-order chi connectivity index (χ1) is 7.70. The summed E-state index contributed by atoms with van der Waals surface area (Å²) >= 11 is 1.64. The molecule has 0 bridgehead atoms. The van der Waals surface area contributed by atoms with E-state index in [1.54, 1.807) is 23.9 Å². The molecule has 0 aliphatic carbocycles. The van der Waals surface area contributed by atoms with Crippen molar-refractivity contribution in [2.24, 2.45) is 0 Å². The Morgan fingerprint density at radius 2 is 2.31 bits per heavy atom. The lowest BCUT2D eigenvalue weighted by molar-refractivity contribution is -0.128. The minimum Gasteiger partial charge on any atom is -0.423 e. The first kappa shape index (κ1) is 11.0. The van der Waals surface area contributed by atoms with Crippen LogP contribution in [0, 0.1) is 0 Å². The van der Waals surface area contributed by atoms with Crippen molar-refractivity contribution in [1.82, 2.24) is 0 Å². The number of rotatable bonds is 2. The quantitative estimate of drug-likeness (QED) is 0.448. The third-order valence-corrected chi connectivity index (χ3v) is 3.30. The number of carbonyl (C=O) groups excluding carboxylic acids is 2. The van der Waals surface area contributed by atoms with Gasteiger partial charge in [-0.15, -0.1) is 11.8 Å². The molecule has 1 heterocycles. The van der Waals surface area contributed by atoms with Gasteiger partial charge in [-0.1, -0.05) is 6.58 Å². The van der Waals surface area contributed by atoms with Crippen molar-refractivity contribution < 1.29 is 14.3 Å². The fraction of sp³-hybridized carbons (Fsp3) is 0.167. The van der Waals surface area contributed by atoms with Gasteiger partial charge in [0.05, 0.1) is 0 Å². The van der Waals surface area contributed by atoms with Gasteiger partial charge in [-0.25, -0.2) is 4.79 Å². The van der Waals surface area contributed by atoms with Crippen LogP contribution >= 0.6 is 11.8 Å². The maximum absolute atomic E-state index is 11.6. The van der Waals surface area contributed by atoms with Gasteiger partial charge >= 0.3 is 5.97 Å². The summed E-state index contributed by atoms with van der Waals surface area (Å²) in [6.45, 7) is 3.31. The molecule has 1 aliphatic heterocycles. The number of hydrogen-bond donors (Lipinski definition) is 0. The molecule has 16 heavy (non-hydrogen) atoms. The predicted octanol–water partition coefficient (Wildman–Crippen LogP) is 2.46. The summed E-state index contributed by atoms with van der Waals surface area (Å²) in [6.07, 6.45) is 1.63. The zero-order chi connectivity index (χ0) is 11.5. The highest BCUT2D eigenvalue weighted by Gasteiger charge is 2.18. The van der Waals surface area contributed by atoms with Crippen LogP contribution in [0.1, 0.15) is 16.8 Å². The zero-order valence-corrected chi connectivity index (χ0v) is 9.38. The van der Waals surface area contributed by atoms with E-state index in [0.29, 0.717) is 17.7 Å². The SMILES string of the molecule is C=CC(=O)Oc1ccc2c(c1)C(=O)CCS2. The van der Waals surface area contributed by atoms with E-state index < -0.39 is 5.97 Å². The third kappa shape index (κ3) is 2.17. The van der Waals surface area contributed by atoms with Crippen molar-refractivity contribution in [3.63, 3.8) is 0 Å². The Morgan fingerprint density at radius 3 is 3.06 bits per heavy atom. The van der Waals surface area contributed by atoms with Crippen LogP contribution in [-0.2, 0) is 4.79 Å². The van der Waals surface area contributed by atoms with Crippen molar-refractivity contribution >= 4 is 23.5 Å². The first-order valence-electron chi connectivity index (χ1n) is 4.85. The molecule has 0 radical (unpaired) electrons. The van der Waals surface area contributed by atoms with Crippen molar-refractivity contribution in [2.45, 2.75) is 11.3 Å². The Labute approximate surface area is 97.5 Å². The molecule has 0 spiro atoms. The molecule has 4 heteroatoms. The van der Waals surface area contributed by atoms with Gasteiger partial charge in [0.2, 0.25) is 0 Å². The molecule has 0 unspecified atom stereocenters. The highest BCUT2D eigenvalue weighted by atomic mass is 32.2. The summed E-state index contributed by atoms with van der Waals surface area (Å²) in [7, 11) is 0. The maximum atomic E-state index is 11.6. The number of carbonyl (C=O) groups is 2. The molecule has 82 valence electrons. The number of hydrogen-bond acceptors (Lipinski definition) is 4. The summed E-state index contributed by atoms with van der Waals surface area (Å²) in [5, 5.41) is 0. The van der Waals surface area contributed by atoms with E-state index in [9.17, 15) is 9.59 Å². The van der Waals surface area contributed by atoms with E-state index in [1.807, 2.05) is 6.07 Å². The van der Waals surface area contributed by atoms with E-state index >= 15 is 0 Å². The van der Waals surface area contributed by atoms with Crippen molar-refractivity contribution in [3.05, 3.63) is 36.4 Å². The fourth-order valence-corrected chi connectivity index (χ4v) is 2.46. The zero-order valence-electron chi connectivity index (χ0n) is 8.56. The molecule has 1 aliphatic rings. The van der Waals surface area contributed by atoms with Gasteiger partial charge in [-0.05, 0) is 18.2 Å². The van der Waals surface area contributed by atoms with Crippen LogP contribution in [0.5, 0.6) is 5.75 Å². The summed E-state index contributed by atoms with van der Waals surface area (Å²) in [5.41, 5.74) is 0.644. The Kier molecular flexibility index (Phi) is 3.10. The summed E-state index contributed by atoms with van der Waals surface area (Å²) in [4.78, 5) is 23.6. The average Bonchev–Trinajstić information content (AvgIpc) is 2.30. The molecule has 1 aromatic carbocycles. The number of benzene rings is 1. The monoisotopic (exact) mass is 234 g/mol. The molecule has 0 atom stereocenters. The number of Topliss-reactive ketones (excluding diaryl/α,β-unsaturated/α-hetero) is 1. The van der Waals surface area contributed by atoms with Gasteiger partial charge in [-0.3, -0.25) is 4.79 Å². The Hall–Kier alpha value is -1.55. The smallest absolute Gasteiger partial charge is 0.335 e. The molecule has 3 nitrogen and oxygen atoms in total. The van der Waals surface area contributed by atoms with Crippen LogP contribution in [0.25, 0.3) is 0 Å². The fourth-order valence-electron chi connectivity index (χ4n) is 1.46. The van der Waals surface area contributed by atoms with Gasteiger partial charge < -0.3 is 4.74 Å². The summed E-state index contributed by atoms with van der Waals surface area (Å²) in [5.74, 6) is 0.790. The van der Waals surface area contributed by atoms with Crippen LogP contribution in [0.15, 0.2) is 35.7 Å². The lowest BCUT2D eigenvalue weighted by atomic mass is 10.1. The molecular formula is C12H10O3S. The normalized spacial score (nSPS) is 14.1. The molecule has 0 aromatic heterocycles. The second-order valence-electron chi connectivity index (χ2n) is 3.30. The first-order valence-corrected chi connectivity index (χ1v) is 5.83. The van der Waals surface area contributed by atoms with Gasteiger partial charge in [-0.2, -0.15) is 0 Å². The van der Waals surface area contributed by atoms with Crippen LogP contribution < -0.4 is 4.74 Å². The third-order valence-electron chi connectivity index (χ3n) is 2.22. The number of esters is 1. The molecule has 0 N–H and O–H groups in total. The average molecular weight is 234 g/mol. The lowest BCUT2D eigenvalue weighted by Crippen LogP contribution is -2.09. The van der Waals surface area contributed by atoms with Crippen LogP contribution in [0.2, 0.25) is 0 Å². The highest BCUT2D eigenvalue weighted by molar-refractivity contribution is 7.99. The van der Waals surface area contributed by atoms with Crippen molar-refractivity contribution in [1.29, 1.82) is 0 Å². The largest absolute Gasteiger partial charge is 0.423 e. The van der Waals surface area contributed by atoms with E-state index in [1.165, 1.54) is 0 Å². The van der Waals surface area contributed by atoms with E-state index in [2.05, 4.69) is 6.58 Å².